The van der Waals surface area contributed by atoms with Crippen LogP contribution in [0.5, 0.6) is 5.75 Å². The summed E-state index contributed by atoms with van der Waals surface area (Å²) in [5.74, 6) is -0.222. The molecule has 2 rings (SSSR count). The Morgan fingerprint density at radius 2 is 2.40 bits per heavy atom. The van der Waals surface area contributed by atoms with Crippen LogP contribution in [0.4, 0.5) is 0 Å². The molecule has 2 N–H and O–H groups in total. The molecule has 1 heterocycles. The van der Waals surface area contributed by atoms with Crippen molar-refractivity contribution in [1.82, 2.24) is 10.4 Å². The number of aryl methyl sites for hydroxylation is 1. The van der Waals surface area contributed by atoms with Gasteiger partial charge in [-0.2, -0.15) is 5.10 Å². The van der Waals surface area contributed by atoms with Gasteiger partial charge in [-0.25, -0.2) is 10.4 Å². The molecule has 0 atom stereocenters. The van der Waals surface area contributed by atoms with Crippen molar-refractivity contribution in [2.45, 2.75) is 13.3 Å². The standard InChI is InChI=1S/C13H12ClN3O2S/c1-8-7-20-13(16-8)5-12(19)17-15-6-9-4-10(14)2-3-11(9)18/h2-4,6-7,18H,5H2,1H3,(H,17,19)/b15-6+. The third kappa shape index (κ3) is 4.04. The number of amides is 1. The molecule has 104 valence electrons. The molecule has 20 heavy (non-hydrogen) atoms. The molecule has 0 fully saturated rings. The summed E-state index contributed by atoms with van der Waals surface area (Å²) in [7, 11) is 0. The Bertz CT molecular complexity index is 655. The predicted octanol–water partition coefficient (Wildman–Crippen LogP) is 2.50. The van der Waals surface area contributed by atoms with Crippen LogP contribution in [0.2, 0.25) is 5.02 Å². The summed E-state index contributed by atoms with van der Waals surface area (Å²) in [5.41, 5.74) is 3.71. The zero-order valence-corrected chi connectivity index (χ0v) is 12.2. The van der Waals surface area contributed by atoms with E-state index >= 15 is 0 Å². The Kier molecular flexibility index (Phi) is 4.70. The number of nitrogens with one attached hydrogen (secondary N) is 1. The van der Waals surface area contributed by atoms with E-state index in [4.69, 9.17) is 11.6 Å². The van der Waals surface area contributed by atoms with E-state index in [1.165, 1.54) is 23.6 Å². The average molecular weight is 310 g/mol. The molecule has 0 aliphatic carbocycles. The molecular weight excluding hydrogens is 298 g/mol. The van der Waals surface area contributed by atoms with Crippen molar-refractivity contribution in [3.05, 3.63) is 44.9 Å². The van der Waals surface area contributed by atoms with E-state index in [0.717, 1.165) is 10.7 Å². The molecule has 0 saturated carbocycles. The van der Waals surface area contributed by atoms with Gasteiger partial charge in [0.1, 0.15) is 10.8 Å². The number of hydrazone groups is 1. The van der Waals surface area contributed by atoms with E-state index in [1.807, 2.05) is 12.3 Å². The largest absolute Gasteiger partial charge is 0.507 e. The van der Waals surface area contributed by atoms with Gasteiger partial charge in [0, 0.05) is 21.7 Å². The van der Waals surface area contributed by atoms with E-state index in [9.17, 15) is 9.90 Å². The lowest BCUT2D eigenvalue weighted by Gasteiger charge is -2.00. The summed E-state index contributed by atoms with van der Waals surface area (Å²) < 4.78 is 0. The van der Waals surface area contributed by atoms with Gasteiger partial charge in [-0.3, -0.25) is 4.79 Å². The first-order valence-corrected chi connectivity index (χ1v) is 7.02. The van der Waals surface area contributed by atoms with Crippen LogP contribution >= 0.6 is 22.9 Å². The summed E-state index contributed by atoms with van der Waals surface area (Å²) >= 11 is 7.23. The van der Waals surface area contributed by atoms with Crippen LogP contribution in [-0.4, -0.2) is 22.2 Å². The van der Waals surface area contributed by atoms with Gasteiger partial charge in [-0.1, -0.05) is 11.6 Å². The highest BCUT2D eigenvalue weighted by atomic mass is 35.5. The Balaban J connectivity index is 1.92. The number of carbonyl (C=O) groups is 1. The van der Waals surface area contributed by atoms with E-state index in [2.05, 4.69) is 15.5 Å². The molecule has 0 aliphatic rings. The second kappa shape index (κ2) is 6.49. The molecule has 0 bridgehead atoms. The van der Waals surface area contributed by atoms with E-state index < -0.39 is 0 Å². The number of nitrogens with zero attached hydrogens (tertiary/aromatic N) is 2. The van der Waals surface area contributed by atoms with Crippen molar-refractivity contribution in [3.8, 4) is 5.75 Å². The van der Waals surface area contributed by atoms with Crippen LogP contribution in [0.1, 0.15) is 16.3 Å². The molecule has 2 aromatic rings. The minimum absolute atomic E-state index is 0.0444. The second-order valence-corrected chi connectivity index (χ2v) is 5.43. The van der Waals surface area contributed by atoms with Gasteiger partial charge in [-0.15, -0.1) is 11.3 Å². The first kappa shape index (κ1) is 14.5. The number of hydrogen-bond donors (Lipinski definition) is 2. The van der Waals surface area contributed by atoms with Crippen LogP contribution in [0.3, 0.4) is 0 Å². The first-order chi connectivity index (χ1) is 9.54. The molecule has 0 unspecified atom stereocenters. The quantitative estimate of drug-likeness (QED) is 0.673. The third-order valence-corrected chi connectivity index (χ3v) is 3.56. The zero-order chi connectivity index (χ0) is 14.5. The highest BCUT2D eigenvalue weighted by Crippen LogP contribution is 2.19. The van der Waals surface area contributed by atoms with Crippen LogP contribution < -0.4 is 5.43 Å². The van der Waals surface area contributed by atoms with Crippen molar-refractivity contribution >= 4 is 35.1 Å². The van der Waals surface area contributed by atoms with E-state index in [-0.39, 0.29) is 18.1 Å². The molecule has 0 radical (unpaired) electrons. The minimum Gasteiger partial charge on any atom is -0.507 e. The minimum atomic E-state index is -0.267. The smallest absolute Gasteiger partial charge is 0.246 e. The predicted molar refractivity (Wildman–Crippen MR) is 79.4 cm³/mol. The van der Waals surface area contributed by atoms with Gasteiger partial charge in [0.05, 0.1) is 12.6 Å². The van der Waals surface area contributed by atoms with Gasteiger partial charge >= 0.3 is 0 Å². The number of phenolic OH excluding ortho intramolecular Hbond substituents is 1. The summed E-state index contributed by atoms with van der Waals surface area (Å²) in [4.78, 5) is 15.8. The molecule has 7 heteroatoms. The van der Waals surface area contributed by atoms with Crippen molar-refractivity contribution < 1.29 is 9.90 Å². The fourth-order valence-corrected chi connectivity index (χ4v) is 2.41. The summed E-state index contributed by atoms with van der Waals surface area (Å²) in [5, 5.41) is 16.4. The maximum Gasteiger partial charge on any atom is 0.246 e. The normalized spacial score (nSPS) is 10.9. The van der Waals surface area contributed by atoms with Crippen molar-refractivity contribution in [1.29, 1.82) is 0 Å². The van der Waals surface area contributed by atoms with Crippen LogP contribution in [-0.2, 0) is 11.2 Å². The SMILES string of the molecule is Cc1csc(CC(=O)N/N=C/c2cc(Cl)ccc2O)n1. The highest BCUT2D eigenvalue weighted by Gasteiger charge is 2.05. The topological polar surface area (TPSA) is 74.6 Å². The number of phenols is 1. The number of halogens is 1. The third-order valence-electron chi connectivity index (χ3n) is 2.36. The number of aromatic hydroxyl groups is 1. The first-order valence-electron chi connectivity index (χ1n) is 5.76. The molecule has 0 aliphatic heterocycles. The molecule has 0 spiro atoms. The Morgan fingerprint density at radius 3 is 3.10 bits per heavy atom. The number of aromatic nitrogens is 1. The number of thiazole rings is 1. The maximum atomic E-state index is 11.6. The van der Waals surface area contributed by atoms with Crippen molar-refractivity contribution in [3.63, 3.8) is 0 Å². The molecule has 1 aromatic heterocycles. The molecule has 5 nitrogen and oxygen atoms in total. The Labute approximate surface area is 124 Å². The average Bonchev–Trinajstić information content (AvgIpc) is 2.79. The number of rotatable bonds is 4. The Hall–Kier alpha value is -1.92. The van der Waals surface area contributed by atoms with Crippen LogP contribution in [0, 0.1) is 6.92 Å². The van der Waals surface area contributed by atoms with Gasteiger partial charge < -0.3 is 5.11 Å². The zero-order valence-electron chi connectivity index (χ0n) is 10.6. The lowest BCUT2D eigenvalue weighted by molar-refractivity contribution is -0.120. The monoisotopic (exact) mass is 309 g/mol. The molecule has 1 aromatic carbocycles. The fourth-order valence-electron chi connectivity index (χ4n) is 1.46. The van der Waals surface area contributed by atoms with Gasteiger partial charge in [-0.05, 0) is 25.1 Å². The van der Waals surface area contributed by atoms with Crippen LogP contribution in [0.25, 0.3) is 0 Å². The number of hydrogen-bond acceptors (Lipinski definition) is 5. The molecule has 0 saturated heterocycles. The summed E-state index contributed by atoms with van der Waals surface area (Å²) in [6.07, 6.45) is 1.52. The van der Waals surface area contributed by atoms with Gasteiger partial charge in [0.2, 0.25) is 5.91 Å². The van der Waals surface area contributed by atoms with E-state index in [0.29, 0.717) is 10.6 Å². The van der Waals surface area contributed by atoms with Crippen molar-refractivity contribution in [2.75, 3.05) is 0 Å². The van der Waals surface area contributed by atoms with E-state index in [1.54, 1.807) is 12.1 Å². The van der Waals surface area contributed by atoms with Crippen molar-refractivity contribution in [2.24, 2.45) is 5.10 Å². The second-order valence-electron chi connectivity index (χ2n) is 4.06. The lowest BCUT2D eigenvalue weighted by Crippen LogP contribution is -2.19. The molecule has 1 amide bonds. The maximum absolute atomic E-state index is 11.6. The fraction of sp³-hybridized carbons (Fsp3) is 0.154. The molecular formula is C13H12ClN3O2S. The number of carbonyl (C=O) groups excluding carboxylic acids is 1. The summed E-state index contributed by atoms with van der Waals surface area (Å²) in [6, 6.07) is 4.58. The van der Waals surface area contributed by atoms with Gasteiger partial charge in [0.15, 0.2) is 0 Å². The van der Waals surface area contributed by atoms with Gasteiger partial charge in [0.25, 0.3) is 0 Å². The lowest BCUT2D eigenvalue weighted by atomic mass is 10.2. The Morgan fingerprint density at radius 1 is 1.60 bits per heavy atom. The highest BCUT2D eigenvalue weighted by molar-refractivity contribution is 7.09. The number of benzene rings is 1. The van der Waals surface area contributed by atoms with Crippen LogP contribution in [0.15, 0.2) is 28.7 Å². The summed E-state index contributed by atoms with van der Waals surface area (Å²) in [6.45, 7) is 1.87.